The molecule has 1 aromatic carbocycles. The zero-order valence-electron chi connectivity index (χ0n) is 10.1. The predicted molar refractivity (Wildman–Crippen MR) is 71.9 cm³/mol. The van der Waals surface area contributed by atoms with Gasteiger partial charge in [0.05, 0.1) is 0 Å². The van der Waals surface area contributed by atoms with E-state index in [-0.39, 0.29) is 0 Å². The van der Waals surface area contributed by atoms with Gasteiger partial charge in [0.15, 0.2) is 0 Å². The van der Waals surface area contributed by atoms with E-state index < -0.39 is 12.0 Å². The Morgan fingerprint density at radius 2 is 2.18 bits per heavy atom. The van der Waals surface area contributed by atoms with E-state index in [4.69, 9.17) is 5.11 Å². The quantitative estimate of drug-likeness (QED) is 0.849. The predicted octanol–water partition coefficient (Wildman–Crippen LogP) is 3.04. The molecular weight excluding hydrogens is 282 g/mol. The molecule has 4 heteroatoms. The third-order valence-electron chi connectivity index (χ3n) is 2.45. The molecule has 0 spiro atoms. The first-order chi connectivity index (χ1) is 7.99. The maximum absolute atomic E-state index is 11.1. The number of benzene rings is 1. The van der Waals surface area contributed by atoms with Gasteiger partial charge >= 0.3 is 5.97 Å². The van der Waals surface area contributed by atoms with Crippen LogP contribution >= 0.6 is 15.9 Å². The lowest BCUT2D eigenvalue weighted by Crippen LogP contribution is -2.37. The summed E-state index contributed by atoms with van der Waals surface area (Å²) in [6.45, 7) is 4.62. The summed E-state index contributed by atoms with van der Waals surface area (Å²) in [4.78, 5) is 11.1. The monoisotopic (exact) mass is 299 g/mol. The molecule has 0 unspecified atom stereocenters. The van der Waals surface area contributed by atoms with Crippen molar-refractivity contribution in [3.8, 4) is 0 Å². The smallest absolute Gasteiger partial charge is 0.320 e. The van der Waals surface area contributed by atoms with Crippen LogP contribution in [-0.4, -0.2) is 17.1 Å². The molecule has 0 radical (unpaired) electrons. The molecule has 0 amide bonds. The molecule has 94 valence electrons. The van der Waals surface area contributed by atoms with E-state index >= 15 is 0 Å². The van der Waals surface area contributed by atoms with Crippen LogP contribution in [0.25, 0.3) is 0 Å². The van der Waals surface area contributed by atoms with Crippen molar-refractivity contribution in [1.82, 2.24) is 5.32 Å². The average molecular weight is 300 g/mol. The zero-order chi connectivity index (χ0) is 12.8. The molecule has 0 saturated carbocycles. The number of carbonyl (C=O) groups is 1. The Bertz CT molecular complexity index is 379. The summed E-state index contributed by atoms with van der Waals surface area (Å²) in [5.41, 5.74) is 1.08. The Morgan fingerprint density at radius 1 is 1.47 bits per heavy atom. The number of halogens is 1. The van der Waals surface area contributed by atoms with Crippen LogP contribution in [0, 0.1) is 5.92 Å². The summed E-state index contributed by atoms with van der Waals surface area (Å²) in [6.07, 6.45) is 0.642. The van der Waals surface area contributed by atoms with E-state index in [2.05, 4.69) is 21.2 Å². The first kappa shape index (κ1) is 14.2. The van der Waals surface area contributed by atoms with Crippen molar-refractivity contribution in [3.63, 3.8) is 0 Å². The number of nitrogens with one attached hydrogen (secondary N) is 1. The van der Waals surface area contributed by atoms with E-state index in [1.165, 1.54) is 0 Å². The van der Waals surface area contributed by atoms with Crippen LogP contribution in [0.1, 0.15) is 25.8 Å². The van der Waals surface area contributed by atoms with Gasteiger partial charge in [0.1, 0.15) is 6.04 Å². The highest BCUT2D eigenvalue weighted by Gasteiger charge is 2.17. The minimum atomic E-state index is -0.784. The van der Waals surface area contributed by atoms with Gasteiger partial charge in [-0.1, -0.05) is 41.9 Å². The fraction of sp³-hybridized carbons (Fsp3) is 0.462. The molecule has 1 atom stereocenters. The normalized spacial score (nSPS) is 12.7. The van der Waals surface area contributed by atoms with E-state index in [1.54, 1.807) is 0 Å². The molecule has 0 aliphatic carbocycles. The largest absolute Gasteiger partial charge is 0.480 e. The van der Waals surface area contributed by atoms with Gasteiger partial charge in [0, 0.05) is 11.0 Å². The third kappa shape index (κ3) is 5.33. The van der Waals surface area contributed by atoms with Gasteiger partial charge in [0.2, 0.25) is 0 Å². The van der Waals surface area contributed by atoms with Crippen molar-refractivity contribution in [1.29, 1.82) is 0 Å². The lowest BCUT2D eigenvalue weighted by molar-refractivity contribution is -0.140. The summed E-state index contributed by atoms with van der Waals surface area (Å²) >= 11 is 3.39. The molecule has 3 nitrogen and oxygen atoms in total. The number of hydrogen-bond donors (Lipinski definition) is 2. The van der Waals surface area contributed by atoms with Gasteiger partial charge in [0.25, 0.3) is 0 Å². The second-order valence-electron chi connectivity index (χ2n) is 4.53. The van der Waals surface area contributed by atoms with E-state index in [0.29, 0.717) is 18.9 Å². The van der Waals surface area contributed by atoms with Gasteiger partial charge in [-0.05, 0) is 30.0 Å². The Hall–Kier alpha value is -0.870. The first-order valence-corrected chi connectivity index (χ1v) is 6.49. The summed E-state index contributed by atoms with van der Waals surface area (Å²) in [7, 11) is 0. The second kappa shape index (κ2) is 6.77. The fourth-order valence-corrected chi connectivity index (χ4v) is 2.08. The highest BCUT2D eigenvalue weighted by molar-refractivity contribution is 9.10. The highest BCUT2D eigenvalue weighted by Crippen LogP contribution is 2.12. The molecule has 0 aliphatic rings. The maximum atomic E-state index is 11.1. The zero-order valence-corrected chi connectivity index (χ0v) is 11.7. The summed E-state index contributed by atoms with van der Waals surface area (Å²) in [5, 5.41) is 12.2. The van der Waals surface area contributed by atoms with Gasteiger partial charge in [-0.15, -0.1) is 0 Å². The fourth-order valence-electron chi connectivity index (χ4n) is 1.63. The van der Waals surface area contributed by atoms with Gasteiger partial charge in [-0.2, -0.15) is 0 Å². The minimum absolute atomic E-state index is 0.367. The summed E-state index contributed by atoms with van der Waals surface area (Å²) < 4.78 is 1.01. The van der Waals surface area contributed by atoms with Crippen LogP contribution in [0.5, 0.6) is 0 Å². The summed E-state index contributed by atoms with van der Waals surface area (Å²) in [5.74, 6) is -0.417. The molecule has 17 heavy (non-hydrogen) atoms. The van der Waals surface area contributed by atoms with E-state index in [9.17, 15) is 4.79 Å². The minimum Gasteiger partial charge on any atom is -0.480 e. The van der Waals surface area contributed by atoms with Gasteiger partial charge in [-0.25, -0.2) is 0 Å². The third-order valence-corrected chi connectivity index (χ3v) is 2.94. The maximum Gasteiger partial charge on any atom is 0.320 e. The van der Waals surface area contributed by atoms with E-state index in [1.807, 2.05) is 38.1 Å². The first-order valence-electron chi connectivity index (χ1n) is 5.69. The molecule has 0 bridgehead atoms. The standard InChI is InChI=1S/C13H18BrNO2/c1-9(2)6-12(13(16)17)15-8-10-4-3-5-11(14)7-10/h3-5,7,9,12,15H,6,8H2,1-2H3,(H,16,17)/t12-/m0/s1. The van der Waals surface area contributed by atoms with Crippen LogP contribution in [0.15, 0.2) is 28.7 Å². The lowest BCUT2D eigenvalue weighted by atomic mass is 10.0. The van der Waals surface area contributed by atoms with Crippen molar-refractivity contribution < 1.29 is 9.90 Å². The van der Waals surface area contributed by atoms with Crippen molar-refractivity contribution in [3.05, 3.63) is 34.3 Å². The number of aliphatic carboxylic acids is 1. The molecule has 1 rings (SSSR count). The number of hydrogen-bond acceptors (Lipinski definition) is 2. The summed E-state index contributed by atoms with van der Waals surface area (Å²) in [6, 6.07) is 7.38. The van der Waals surface area contributed by atoms with Crippen LogP contribution in [0.2, 0.25) is 0 Å². The Labute approximate surface area is 110 Å². The van der Waals surface area contributed by atoms with Crippen molar-refractivity contribution in [2.24, 2.45) is 5.92 Å². The molecule has 0 aliphatic heterocycles. The van der Waals surface area contributed by atoms with Crippen molar-refractivity contribution in [2.75, 3.05) is 0 Å². The number of carboxylic acids is 1. The van der Waals surface area contributed by atoms with Crippen LogP contribution in [0.3, 0.4) is 0 Å². The van der Waals surface area contributed by atoms with Crippen molar-refractivity contribution >= 4 is 21.9 Å². The Balaban J connectivity index is 2.54. The van der Waals surface area contributed by atoms with Crippen molar-refractivity contribution in [2.45, 2.75) is 32.9 Å². The Morgan fingerprint density at radius 3 is 2.71 bits per heavy atom. The molecule has 1 aromatic rings. The lowest BCUT2D eigenvalue weighted by Gasteiger charge is -2.16. The SMILES string of the molecule is CC(C)C[C@H](NCc1cccc(Br)c1)C(=O)O. The highest BCUT2D eigenvalue weighted by atomic mass is 79.9. The molecule has 2 N–H and O–H groups in total. The topological polar surface area (TPSA) is 49.3 Å². The van der Waals surface area contributed by atoms with E-state index in [0.717, 1.165) is 10.0 Å². The molecular formula is C13H18BrNO2. The molecule has 0 heterocycles. The number of carboxylic acid groups (broad SMARTS) is 1. The van der Waals surface area contributed by atoms with Gasteiger partial charge in [-0.3, -0.25) is 4.79 Å². The van der Waals surface area contributed by atoms with Crippen LogP contribution in [0.4, 0.5) is 0 Å². The Kier molecular flexibility index (Phi) is 5.65. The second-order valence-corrected chi connectivity index (χ2v) is 5.45. The molecule has 0 aromatic heterocycles. The molecule has 0 saturated heterocycles. The van der Waals surface area contributed by atoms with Crippen LogP contribution < -0.4 is 5.32 Å². The van der Waals surface area contributed by atoms with Gasteiger partial charge < -0.3 is 10.4 Å². The number of rotatable bonds is 6. The molecule has 0 fully saturated rings. The average Bonchev–Trinajstić information content (AvgIpc) is 2.23. The van der Waals surface area contributed by atoms with Crippen LogP contribution in [-0.2, 0) is 11.3 Å².